The molecule has 3 rings (SSSR count). The lowest BCUT2D eigenvalue weighted by Crippen LogP contribution is -2.11. The van der Waals surface area contributed by atoms with E-state index in [2.05, 4.69) is 0 Å². The summed E-state index contributed by atoms with van der Waals surface area (Å²) in [5.41, 5.74) is 3.08. The molecule has 2 N–H and O–H groups in total. The second-order valence-electron chi connectivity index (χ2n) is 6.04. The van der Waals surface area contributed by atoms with Crippen molar-refractivity contribution in [1.29, 1.82) is 0 Å². The van der Waals surface area contributed by atoms with Crippen LogP contribution in [0.15, 0.2) is 29.8 Å². The fraction of sp³-hybridized carbons (Fsp3) is 0.211. The summed E-state index contributed by atoms with van der Waals surface area (Å²) in [6, 6.07) is 4.57. The van der Waals surface area contributed by atoms with Crippen molar-refractivity contribution < 1.29 is 15.0 Å². The minimum absolute atomic E-state index is 0.0590. The van der Waals surface area contributed by atoms with Crippen LogP contribution in [0, 0.1) is 6.92 Å². The number of fused-ring (bicyclic) bond motifs is 1. The van der Waals surface area contributed by atoms with Gasteiger partial charge in [-0.2, -0.15) is 0 Å². The number of ketones is 1. The molecule has 124 valence electrons. The number of phenols is 2. The molecule has 0 atom stereocenters. The molecule has 0 saturated heterocycles. The predicted octanol–water partition coefficient (Wildman–Crippen LogP) is 4.99. The van der Waals surface area contributed by atoms with Gasteiger partial charge in [-0.3, -0.25) is 4.79 Å². The molecule has 2 aromatic carbocycles. The third kappa shape index (κ3) is 2.68. The van der Waals surface area contributed by atoms with E-state index < -0.39 is 5.78 Å². The van der Waals surface area contributed by atoms with E-state index in [0.717, 1.165) is 5.57 Å². The van der Waals surface area contributed by atoms with E-state index in [0.29, 0.717) is 34.6 Å². The second-order valence-corrected chi connectivity index (χ2v) is 6.88. The summed E-state index contributed by atoms with van der Waals surface area (Å²) < 4.78 is 0. The van der Waals surface area contributed by atoms with Crippen molar-refractivity contribution in [2.24, 2.45) is 0 Å². The summed E-state index contributed by atoms with van der Waals surface area (Å²) in [6.07, 6.45) is 3.03. The molecule has 3 nitrogen and oxygen atoms in total. The average Bonchev–Trinajstić information content (AvgIpc) is 2.52. The Hall–Kier alpha value is -1.97. The van der Waals surface area contributed by atoms with E-state index in [-0.39, 0.29) is 27.6 Å². The number of benzene rings is 2. The Morgan fingerprint density at radius 1 is 1.08 bits per heavy atom. The van der Waals surface area contributed by atoms with E-state index in [1.54, 1.807) is 13.0 Å². The molecule has 0 unspecified atom stereocenters. The average molecular weight is 363 g/mol. The SMILES string of the molecule is CC1=CCc2c(O)c(C(=O)c3ccc(Cl)cc3Cl)c(C)c(O)c2C1. The first-order valence-corrected chi connectivity index (χ1v) is 8.28. The number of halogens is 2. The van der Waals surface area contributed by atoms with Crippen LogP contribution < -0.4 is 0 Å². The first kappa shape index (κ1) is 16.9. The zero-order valence-electron chi connectivity index (χ0n) is 13.3. The fourth-order valence-electron chi connectivity index (χ4n) is 3.08. The molecule has 1 aliphatic carbocycles. The van der Waals surface area contributed by atoms with Gasteiger partial charge in [0.2, 0.25) is 0 Å². The van der Waals surface area contributed by atoms with Crippen LogP contribution in [0.25, 0.3) is 0 Å². The van der Waals surface area contributed by atoms with Gasteiger partial charge in [0.1, 0.15) is 11.5 Å². The molecule has 0 saturated carbocycles. The van der Waals surface area contributed by atoms with Gasteiger partial charge in [0, 0.05) is 27.3 Å². The molecule has 0 aromatic heterocycles. The maximum absolute atomic E-state index is 12.9. The van der Waals surface area contributed by atoms with Gasteiger partial charge >= 0.3 is 0 Å². The summed E-state index contributed by atoms with van der Waals surface area (Å²) in [7, 11) is 0. The molecular formula is C19H16Cl2O3. The van der Waals surface area contributed by atoms with Gasteiger partial charge in [-0.1, -0.05) is 34.9 Å². The third-order valence-electron chi connectivity index (χ3n) is 4.42. The van der Waals surface area contributed by atoms with Gasteiger partial charge < -0.3 is 10.2 Å². The van der Waals surface area contributed by atoms with Crippen LogP contribution in [0.1, 0.15) is 39.5 Å². The highest BCUT2D eigenvalue weighted by molar-refractivity contribution is 6.37. The topological polar surface area (TPSA) is 57.5 Å². The molecule has 24 heavy (non-hydrogen) atoms. The molecule has 0 aliphatic heterocycles. The first-order valence-electron chi connectivity index (χ1n) is 7.52. The molecule has 0 amide bonds. The number of phenolic OH excluding ortho intramolecular Hbond substituents is 2. The predicted molar refractivity (Wildman–Crippen MR) is 95.6 cm³/mol. The Morgan fingerprint density at radius 2 is 1.79 bits per heavy atom. The molecule has 0 radical (unpaired) electrons. The van der Waals surface area contributed by atoms with Crippen molar-refractivity contribution >= 4 is 29.0 Å². The number of allylic oxidation sites excluding steroid dienone is 2. The van der Waals surface area contributed by atoms with Crippen LogP contribution in [-0.4, -0.2) is 16.0 Å². The van der Waals surface area contributed by atoms with Crippen molar-refractivity contribution in [3.8, 4) is 11.5 Å². The highest BCUT2D eigenvalue weighted by Crippen LogP contribution is 2.42. The van der Waals surface area contributed by atoms with Crippen LogP contribution in [0.4, 0.5) is 0 Å². The van der Waals surface area contributed by atoms with Crippen molar-refractivity contribution in [1.82, 2.24) is 0 Å². The highest BCUT2D eigenvalue weighted by atomic mass is 35.5. The largest absolute Gasteiger partial charge is 0.507 e. The molecular weight excluding hydrogens is 347 g/mol. The molecule has 2 aromatic rings. The highest BCUT2D eigenvalue weighted by Gasteiger charge is 2.28. The molecule has 0 heterocycles. The van der Waals surface area contributed by atoms with Crippen LogP contribution in [0.3, 0.4) is 0 Å². The summed E-state index contributed by atoms with van der Waals surface area (Å²) in [4.78, 5) is 12.9. The minimum Gasteiger partial charge on any atom is -0.507 e. The zero-order valence-corrected chi connectivity index (χ0v) is 14.8. The van der Waals surface area contributed by atoms with Crippen LogP contribution in [0.5, 0.6) is 11.5 Å². The number of carbonyl (C=O) groups excluding carboxylic acids is 1. The lowest BCUT2D eigenvalue weighted by atomic mass is 9.85. The van der Waals surface area contributed by atoms with E-state index >= 15 is 0 Å². The fourth-order valence-corrected chi connectivity index (χ4v) is 3.58. The zero-order chi connectivity index (χ0) is 17.6. The van der Waals surface area contributed by atoms with Gasteiger partial charge in [0.25, 0.3) is 0 Å². The second kappa shape index (κ2) is 6.15. The summed E-state index contributed by atoms with van der Waals surface area (Å²) >= 11 is 12.0. The molecule has 0 bridgehead atoms. The summed E-state index contributed by atoms with van der Waals surface area (Å²) in [5.74, 6) is -0.459. The quantitative estimate of drug-likeness (QED) is 0.449. The smallest absolute Gasteiger partial charge is 0.198 e. The molecule has 1 aliphatic rings. The van der Waals surface area contributed by atoms with Crippen LogP contribution in [-0.2, 0) is 12.8 Å². The van der Waals surface area contributed by atoms with E-state index in [1.165, 1.54) is 12.1 Å². The van der Waals surface area contributed by atoms with E-state index in [1.807, 2.05) is 13.0 Å². The Labute approximate surface area is 150 Å². The van der Waals surface area contributed by atoms with Gasteiger partial charge in [-0.15, -0.1) is 0 Å². The Kier molecular flexibility index (Phi) is 4.33. The van der Waals surface area contributed by atoms with Crippen molar-refractivity contribution in [2.75, 3.05) is 0 Å². The maximum atomic E-state index is 12.9. The number of aromatic hydroxyl groups is 2. The summed E-state index contributed by atoms with van der Waals surface area (Å²) in [5, 5.41) is 21.8. The lowest BCUT2D eigenvalue weighted by Gasteiger charge is -2.22. The van der Waals surface area contributed by atoms with Crippen LogP contribution in [0.2, 0.25) is 10.0 Å². The monoisotopic (exact) mass is 362 g/mol. The standard InChI is InChI=1S/C19H16Cl2O3/c1-9-3-5-12-14(7-9)17(22)10(2)16(18(12)23)19(24)13-6-4-11(20)8-15(13)21/h3-4,6,8,22-23H,5,7H2,1-2H3. The lowest BCUT2D eigenvalue weighted by molar-refractivity contribution is 0.103. The van der Waals surface area contributed by atoms with Crippen molar-refractivity contribution in [3.05, 3.63) is 67.7 Å². The van der Waals surface area contributed by atoms with Gasteiger partial charge in [-0.25, -0.2) is 0 Å². The first-order chi connectivity index (χ1) is 11.3. The maximum Gasteiger partial charge on any atom is 0.198 e. The van der Waals surface area contributed by atoms with Crippen molar-refractivity contribution in [2.45, 2.75) is 26.7 Å². The third-order valence-corrected chi connectivity index (χ3v) is 4.96. The number of carbonyl (C=O) groups is 1. The Balaban J connectivity index is 2.20. The number of rotatable bonds is 2. The van der Waals surface area contributed by atoms with Crippen molar-refractivity contribution in [3.63, 3.8) is 0 Å². The number of hydrogen-bond acceptors (Lipinski definition) is 3. The minimum atomic E-state index is -0.434. The van der Waals surface area contributed by atoms with E-state index in [9.17, 15) is 15.0 Å². The molecule has 0 fully saturated rings. The summed E-state index contributed by atoms with van der Waals surface area (Å²) in [6.45, 7) is 3.60. The van der Waals surface area contributed by atoms with Crippen LogP contribution >= 0.6 is 23.2 Å². The Bertz CT molecular complexity index is 898. The van der Waals surface area contributed by atoms with Gasteiger partial charge in [0.05, 0.1) is 10.6 Å². The van der Waals surface area contributed by atoms with Gasteiger partial charge in [0.15, 0.2) is 5.78 Å². The Morgan fingerprint density at radius 3 is 2.46 bits per heavy atom. The normalized spacial score (nSPS) is 13.4. The van der Waals surface area contributed by atoms with Gasteiger partial charge in [-0.05, 0) is 44.9 Å². The molecule has 0 spiro atoms. The van der Waals surface area contributed by atoms with E-state index in [4.69, 9.17) is 23.2 Å². The number of hydrogen-bond donors (Lipinski definition) is 2. The molecule has 5 heteroatoms.